The minimum Gasteiger partial charge on any atom is -0.478 e. The molecule has 3 heterocycles. The quantitative estimate of drug-likeness (QED) is 0.0921. The third-order valence-corrected chi connectivity index (χ3v) is 6.94. The van der Waals surface area contributed by atoms with Gasteiger partial charge in [0, 0.05) is 25.2 Å². The smallest absolute Gasteiger partial charge is 0.337 e. The van der Waals surface area contributed by atoms with Gasteiger partial charge in [-0.1, -0.05) is 18.2 Å². The molecule has 0 bridgehead atoms. The fraction of sp³-hybridized carbons (Fsp3) is 0.571. The van der Waals surface area contributed by atoms with E-state index < -0.39 is 73.2 Å². The van der Waals surface area contributed by atoms with Crippen LogP contribution in [-0.2, 0) is 33.3 Å². The molecule has 6 N–H and O–H groups in total. The Morgan fingerprint density at radius 3 is 2.55 bits per heavy atom. The van der Waals surface area contributed by atoms with Crippen molar-refractivity contribution in [3.8, 4) is 0 Å². The summed E-state index contributed by atoms with van der Waals surface area (Å²) in [5.41, 5.74) is 0.678. The molecule has 1 fully saturated rings. The normalized spacial score (nSPS) is 31.2. The Balaban J connectivity index is 1.95. The number of aliphatic carboxylic acids is 1. The molecule has 14 nitrogen and oxygen atoms in total. The molecule has 234 valence electrons. The summed E-state index contributed by atoms with van der Waals surface area (Å²) in [6, 6.07) is 0. The minimum absolute atomic E-state index is 0.00861. The first-order valence-corrected chi connectivity index (χ1v) is 13.3. The van der Waals surface area contributed by atoms with Crippen molar-refractivity contribution >= 4 is 11.9 Å². The minimum atomic E-state index is -2.87. The third-order valence-electron chi connectivity index (χ3n) is 6.94. The molecule has 42 heavy (non-hydrogen) atoms. The van der Waals surface area contributed by atoms with E-state index in [0.717, 1.165) is 6.26 Å². The number of carbonyl (C=O) groups is 2. The second-order valence-electron chi connectivity index (χ2n) is 10.3. The molecule has 0 aromatic rings. The molecule has 0 amide bonds. The van der Waals surface area contributed by atoms with Crippen LogP contribution < -0.4 is 0 Å². The van der Waals surface area contributed by atoms with Crippen molar-refractivity contribution in [2.45, 2.75) is 56.6 Å². The molecular formula is C28H39NO13. The van der Waals surface area contributed by atoms with Crippen molar-refractivity contribution in [3.05, 3.63) is 60.1 Å². The van der Waals surface area contributed by atoms with E-state index in [1.807, 2.05) is 0 Å². The zero-order chi connectivity index (χ0) is 31.2. The van der Waals surface area contributed by atoms with Gasteiger partial charge >= 0.3 is 11.9 Å². The fourth-order valence-electron chi connectivity index (χ4n) is 4.87. The molecule has 0 aliphatic carbocycles. The first kappa shape index (κ1) is 33.4. The Morgan fingerprint density at radius 1 is 1.26 bits per heavy atom. The van der Waals surface area contributed by atoms with Crippen LogP contribution in [0.2, 0.25) is 0 Å². The van der Waals surface area contributed by atoms with Gasteiger partial charge in [-0.2, -0.15) is 0 Å². The van der Waals surface area contributed by atoms with E-state index in [1.54, 1.807) is 30.9 Å². The summed E-state index contributed by atoms with van der Waals surface area (Å²) in [7, 11) is 1.20. The van der Waals surface area contributed by atoms with Gasteiger partial charge in [0.15, 0.2) is 12.4 Å². The lowest BCUT2D eigenvalue weighted by Gasteiger charge is -2.48. The number of carboxylic acids is 1. The maximum absolute atomic E-state index is 12.7. The van der Waals surface area contributed by atoms with Crippen LogP contribution in [0.3, 0.4) is 0 Å². The maximum atomic E-state index is 12.7. The number of aliphatic hydroxyl groups excluding tert-OH is 3. The molecule has 3 rings (SSSR count). The predicted octanol–water partition coefficient (Wildman–Crippen LogP) is -0.854. The van der Waals surface area contributed by atoms with E-state index in [2.05, 4.69) is 6.58 Å². The molecule has 0 radical (unpaired) electrons. The molecule has 0 aromatic carbocycles. The van der Waals surface area contributed by atoms with Crippen LogP contribution in [0.4, 0.5) is 0 Å². The van der Waals surface area contributed by atoms with E-state index in [0.29, 0.717) is 5.57 Å². The molecular weight excluding hydrogens is 558 g/mol. The van der Waals surface area contributed by atoms with Crippen molar-refractivity contribution in [2.75, 3.05) is 33.4 Å². The van der Waals surface area contributed by atoms with Crippen molar-refractivity contribution in [2.24, 2.45) is 11.8 Å². The van der Waals surface area contributed by atoms with Crippen LogP contribution in [-0.4, -0.2) is 124 Å². The number of allylic oxidation sites excluding steroid dienone is 1. The van der Waals surface area contributed by atoms with Gasteiger partial charge in [-0.05, 0) is 25.5 Å². The number of hydrogen-bond acceptors (Lipinski definition) is 13. The average molecular weight is 598 g/mol. The van der Waals surface area contributed by atoms with Gasteiger partial charge in [-0.15, -0.1) is 6.58 Å². The van der Waals surface area contributed by atoms with Gasteiger partial charge in [0.1, 0.15) is 12.2 Å². The van der Waals surface area contributed by atoms with Gasteiger partial charge in [-0.25, -0.2) is 9.59 Å². The highest BCUT2D eigenvalue weighted by molar-refractivity contribution is 5.90. The average Bonchev–Trinajstić information content (AvgIpc) is 2.95. The topological polar surface area (TPSA) is 205 Å². The largest absolute Gasteiger partial charge is 0.478 e. The number of carboxylic acid groups (broad SMARTS) is 1. The lowest BCUT2D eigenvalue weighted by Crippen LogP contribution is -2.69. The monoisotopic (exact) mass is 597 g/mol. The second kappa shape index (κ2) is 14.4. The molecule has 14 heteroatoms. The Morgan fingerprint density at radius 2 is 1.98 bits per heavy atom. The summed E-state index contributed by atoms with van der Waals surface area (Å²) < 4.78 is 27.9. The van der Waals surface area contributed by atoms with Gasteiger partial charge in [-0.3, -0.25) is 0 Å². The van der Waals surface area contributed by atoms with Crippen molar-refractivity contribution in [1.29, 1.82) is 0 Å². The van der Waals surface area contributed by atoms with Crippen LogP contribution in [0, 0.1) is 11.8 Å². The number of esters is 1. The fourth-order valence-corrected chi connectivity index (χ4v) is 4.87. The Kier molecular flexibility index (Phi) is 11.5. The zero-order valence-electron chi connectivity index (χ0n) is 23.6. The van der Waals surface area contributed by atoms with Crippen LogP contribution in [0.1, 0.15) is 13.8 Å². The molecule has 0 spiro atoms. The lowest BCUT2D eigenvalue weighted by molar-refractivity contribution is -0.413. The van der Waals surface area contributed by atoms with Crippen LogP contribution >= 0.6 is 0 Å². The molecule has 0 saturated carbocycles. The number of rotatable bonds is 12. The van der Waals surface area contributed by atoms with E-state index in [1.165, 1.54) is 25.5 Å². The molecule has 3 aliphatic rings. The second-order valence-corrected chi connectivity index (χ2v) is 10.3. The van der Waals surface area contributed by atoms with Crippen LogP contribution in [0.5, 0.6) is 0 Å². The standard InChI is InChI=1S/C28H39NO13/c1-5-18-19(7-6-16-10-17(24(33)34)12-29(11-16)8-9-30)20(25(35)38-4)14-39-26(18)42-27-23(40-15(2)3)28(36,37)22(32)21(13-31)41-27/h5-7,10,12,14-15,18-19,21-23,26-27,30-32,36-37H,1,8-9,11,13H2,2-4H3,(H,33,34)/b7-6+/t18-,19+,21-,22-,23+,26+,27+/m1/s1. The number of hydrogen-bond donors (Lipinski definition) is 6. The summed E-state index contributed by atoms with van der Waals surface area (Å²) in [5, 5.41) is 60.3. The summed E-state index contributed by atoms with van der Waals surface area (Å²) in [6.07, 6.45) is 0.425. The van der Waals surface area contributed by atoms with Gasteiger partial charge in [0.2, 0.25) is 12.1 Å². The first-order chi connectivity index (χ1) is 19.9. The number of ether oxygens (including phenoxy) is 5. The summed E-state index contributed by atoms with van der Waals surface area (Å²) in [4.78, 5) is 25.9. The van der Waals surface area contributed by atoms with Crippen LogP contribution in [0.25, 0.3) is 0 Å². The highest BCUT2D eigenvalue weighted by Gasteiger charge is 2.57. The first-order valence-electron chi connectivity index (χ1n) is 13.3. The maximum Gasteiger partial charge on any atom is 0.337 e. The molecule has 3 aliphatic heterocycles. The Labute approximate surface area is 243 Å². The summed E-state index contributed by atoms with van der Waals surface area (Å²) in [5.74, 6) is -6.30. The van der Waals surface area contributed by atoms with Crippen molar-refractivity contribution in [3.63, 3.8) is 0 Å². The number of β-amino-alcohol motifs (C(OH)–C–C–N with tert-alkyl or cyclic N) is 1. The van der Waals surface area contributed by atoms with Crippen molar-refractivity contribution in [1.82, 2.24) is 4.90 Å². The highest BCUT2D eigenvalue weighted by atomic mass is 16.8. The zero-order valence-corrected chi connectivity index (χ0v) is 23.6. The van der Waals surface area contributed by atoms with E-state index in [9.17, 15) is 40.2 Å². The number of carbonyl (C=O) groups excluding carboxylic acids is 1. The van der Waals surface area contributed by atoms with Crippen molar-refractivity contribution < 1.29 is 63.9 Å². The summed E-state index contributed by atoms with van der Waals surface area (Å²) in [6.45, 7) is 6.64. The Hall–Kier alpha value is -3.08. The SMILES string of the molecule is C=C[C@H]1[C@H](O[C@@H]2O[C@H](CO)[C@@H](O)C(O)(O)[C@H]2OC(C)C)OC=C(C(=O)OC)[C@H]1/C=C/C1=CC(C(=O)O)=CN(CCO)C1. The number of nitrogens with zero attached hydrogens (tertiary/aromatic N) is 1. The number of methoxy groups -OCH3 is 1. The van der Waals surface area contributed by atoms with Gasteiger partial charge < -0.3 is 59.2 Å². The lowest BCUT2D eigenvalue weighted by atomic mass is 9.83. The van der Waals surface area contributed by atoms with E-state index in [-0.39, 0.29) is 30.8 Å². The summed E-state index contributed by atoms with van der Waals surface area (Å²) >= 11 is 0. The van der Waals surface area contributed by atoms with E-state index in [4.69, 9.17) is 23.7 Å². The Bertz CT molecular complexity index is 1110. The molecule has 1 saturated heterocycles. The van der Waals surface area contributed by atoms with Crippen LogP contribution in [0.15, 0.2) is 60.1 Å². The van der Waals surface area contributed by atoms with Gasteiger partial charge in [0.05, 0.1) is 49.8 Å². The van der Waals surface area contributed by atoms with E-state index >= 15 is 0 Å². The molecule has 0 aromatic heterocycles. The van der Waals surface area contributed by atoms with Gasteiger partial charge in [0.25, 0.3) is 0 Å². The predicted molar refractivity (Wildman–Crippen MR) is 144 cm³/mol. The highest BCUT2D eigenvalue weighted by Crippen LogP contribution is 2.38. The molecule has 7 atom stereocenters. The number of aliphatic hydroxyl groups is 5. The molecule has 0 unspecified atom stereocenters. The third kappa shape index (κ3) is 7.46.